The molecule has 0 unspecified atom stereocenters. The predicted octanol–water partition coefficient (Wildman–Crippen LogP) is -0.454. The lowest BCUT2D eigenvalue weighted by atomic mass is 10.0. The number of carbonyl (C=O) groups is 1. The van der Waals surface area contributed by atoms with Crippen LogP contribution in [-0.2, 0) is 4.79 Å². The minimum atomic E-state index is -1.19. The molecule has 3 nitrogen and oxygen atoms in total. The molecule has 3 heteroatoms. The Hall–Kier alpha value is -0.410. The molecule has 0 radical (unpaired) electrons. The highest BCUT2D eigenvalue weighted by Crippen LogP contribution is 2.00. The molecule has 9 heavy (non-hydrogen) atoms. The van der Waals surface area contributed by atoms with Crippen LogP contribution in [0.4, 0.5) is 0 Å². The molecular formula is C6H13NO2. The highest BCUT2D eigenvalue weighted by Gasteiger charge is 2.21. The van der Waals surface area contributed by atoms with E-state index in [1.54, 1.807) is 7.05 Å². The number of aliphatic hydroxyl groups is 1. The van der Waals surface area contributed by atoms with Crippen molar-refractivity contribution in [3.05, 3.63) is 0 Å². The fourth-order valence-electron chi connectivity index (χ4n) is 0.377. The molecule has 0 rings (SSSR count). The second kappa shape index (κ2) is 2.94. The van der Waals surface area contributed by atoms with Crippen molar-refractivity contribution in [3.63, 3.8) is 0 Å². The van der Waals surface area contributed by atoms with E-state index in [0.29, 0.717) is 0 Å². The molecule has 0 heterocycles. The van der Waals surface area contributed by atoms with Crippen molar-refractivity contribution in [3.8, 4) is 0 Å². The summed E-state index contributed by atoms with van der Waals surface area (Å²) in [6, 6.07) is 0. The Kier molecular flexibility index (Phi) is 2.81. The van der Waals surface area contributed by atoms with Crippen LogP contribution in [0.25, 0.3) is 0 Å². The quantitative estimate of drug-likeness (QED) is 0.545. The number of hydrogen-bond acceptors (Lipinski definition) is 3. The molecule has 0 saturated heterocycles. The summed E-state index contributed by atoms with van der Waals surface area (Å²) in [7, 11) is 1.67. The summed E-state index contributed by atoms with van der Waals surface area (Å²) in [5.41, 5.74) is -1.19. The zero-order valence-corrected chi connectivity index (χ0v) is 6.06. The van der Waals surface area contributed by atoms with Gasteiger partial charge in [-0.05, 0) is 20.9 Å². The lowest BCUT2D eigenvalue weighted by molar-refractivity contribution is -0.132. The fraction of sp³-hybridized carbons (Fsp3) is 0.833. The summed E-state index contributed by atoms with van der Waals surface area (Å²) >= 11 is 0. The SMILES string of the molecule is CNCC(=O)C(C)(C)O. The number of nitrogens with one attached hydrogen (secondary N) is 1. The van der Waals surface area contributed by atoms with Crippen molar-refractivity contribution in [1.82, 2.24) is 5.32 Å². The van der Waals surface area contributed by atoms with Crippen LogP contribution in [0.2, 0.25) is 0 Å². The van der Waals surface area contributed by atoms with E-state index in [9.17, 15) is 4.79 Å². The third-order valence-electron chi connectivity index (χ3n) is 1.02. The summed E-state index contributed by atoms with van der Waals surface area (Å²) in [6.45, 7) is 3.18. The molecule has 0 saturated carbocycles. The first-order chi connectivity index (χ1) is 3.98. The zero-order valence-electron chi connectivity index (χ0n) is 6.06. The molecule has 0 aromatic rings. The van der Waals surface area contributed by atoms with Crippen molar-refractivity contribution < 1.29 is 9.90 Å². The third-order valence-corrected chi connectivity index (χ3v) is 1.02. The first-order valence-corrected chi connectivity index (χ1v) is 2.88. The number of hydrogen-bond donors (Lipinski definition) is 2. The van der Waals surface area contributed by atoms with Crippen molar-refractivity contribution in [2.24, 2.45) is 0 Å². The monoisotopic (exact) mass is 131 g/mol. The maximum absolute atomic E-state index is 10.8. The highest BCUT2D eigenvalue weighted by molar-refractivity contribution is 5.87. The van der Waals surface area contributed by atoms with E-state index in [1.165, 1.54) is 13.8 Å². The van der Waals surface area contributed by atoms with Crippen molar-refractivity contribution in [2.45, 2.75) is 19.4 Å². The average molecular weight is 131 g/mol. The number of likely N-dealkylation sites (N-methyl/N-ethyl adjacent to an activating group) is 1. The van der Waals surface area contributed by atoms with E-state index in [0.717, 1.165) is 0 Å². The van der Waals surface area contributed by atoms with Crippen LogP contribution in [0.5, 0.6) is 0 Å². The van der Waals surface area contributed by atoms with Gasteiger partial charge in [0, 0.05) is 0 Å². The summed E-state index contributed by atoms with van der Waals surface area (Å²) in [5, 5.41) is 11.7. The van der Waals surface area contributed by atoms with Gasteiger partial charge in [0.05, 0.1) is 6.54 Å². The molecule has 0 fully saturated rings. The van der Waals surface area contributed by atoms with E-state index in [4.69, 9.17) is 5.11 Å². The summed E-state index contributed by atoms with van der Waals surface area (Å²) in [6.07, 6.45) is 0. The van der Waals surface area contributed by atoms with E-state index in [-0.39, 0.29) is 12.3 Å². The van der Waals surface area contributed by atoms with Gasteiger partial charge in [0.15, 0.2) is 5.78 Å². The van der Waals surface area contributed by atoms with Crippen molar-refractivity contribution >= 4 is 5.78 Å². The molecule has 2 N–H and O–H groups in total. The standard InChI is InChI=1S/C6H13NO2/c1-6(2,9)5(8)4-7-3/h7,9H,4H2,1-3H3. The van der Waals surface area contributed by atoms with Crippen LogP contribution in [0.3, 0.4) is 0 Å². The number of ketones is 1. The highest BCUT2D eigenvalue weighted by atomic mass is 16.3. The molecule has 0 aliphatic carbocycles. The van der Waals surface area contributed by atoms with Crippen LogP contribution in [0, 0.1) is 0 Å². The summed E-state index contributed by atoms with van der Waals surface area (Å²) < 4.78 is 0. The lowest BCUT2D eigenvalue weighted by Gasteiger charge is -2.14. The third kappa shape index (κ3) is 3.21. The number of Topliss-reactive ketones (excluding diaryl/α,β-unsaturated/α-hetero) is 1. The summed E-state index contributed by atoms with van der Waals surface area (Å²) in [4.78, 5) is 10.8. The molecule has 54 valence electrons. The first-order valence-electron chi connectivity index (χ1n) is 2.88. The minimum Gasteiger partial charge on any atom is -0.383 e. The van der Waals surface area contributed by atoms with E-state index >= 15 is 0 Å². The molecule has 0 atom stereocenters. The largest absolute Gasteiger partial charge is 0.383 e. The van der Waals surface area contributed by atoms with Gasteiger partial charge in [0.2, 0.25) is 0 Å². The Morgan fingerprint density at radius 1 is 1.67 bits per heavy atom. The zero-order chi connectivity index (χ0) is 7.49. The maximum Gasteiger partial charge on any atom is 0.177 e. The van der Waals surface area contributed by atoms with Gasteiger partial charge >= 0.3 is 0 Å². The van der Waals surface area contributed by atoms with Crippen LogP contribution in [0.15, 0.2) is 0 Å². The fourth-order valence-corrected chi connectivity index (χ4v) is 0.377. The Morgan fingerprint density at radius 3 is 2.22 bits per heavy atom. The predicted molar refractivity (Wildman–Crippen MR) is 35.2 cm³/mol. The Bertz CT molecular complexity index is 104. The minimum absolute atomic E-state index is 0.190. The van der Waals surface area contributed by atoms with Gasteiger partial charge < -0.3 is 10.4 Å². The van der Waals surface area contributed by atoms with E-state index < -0.39 is 5.60 Å². The first kappa shape index (κ1) is 8.59. The van der Waals surface area contributed by atoms with Gasteiger partial charge in [-0.3, -0.25) is 4.79 Å². The maximum atomic E-state index is 10.8. The molecule has 0 aromatic heterocycles. The average Bonchev–Trinajstić information content (AvgIpc) is 1.64. The van der Waals surface area contributed by atoms with Gasteiger partial charge in [-0.25, -0.2) is 0 Å². The Labute approximate surface area is 55.1 Å². The molecule has 0 bridgehead atoms. The van der Waals surface area contributed by atoms with E-state index in [2.05, 4.69) is 5.32 Å². The van der Waals surface area contributed by atoms with E-state index in [1.807, 2.05) is 0 Å². The van der Waals surface area contributed by atoms with Gasteiger partial charge in [-0.2, -0.15) is 0 Å². The molecule has 0 spiro atoms. The number of carbonyl (C=O) groups excluding carboxylic acids is 1. The molecule has 0 aromatic carbocycles. The molecular weight excluding hydrogens is 118 g/mol. The normalized spacial score (nSPS) is 11.6. The van der Waals surface area contributed by atoms with Crippen molar-refractivity contribution in [1.29, 1.82) is 0 Å². The van der Waals surface area contributed by atoms with Crippen LogP contribution in [-0.4, -0.2) is 30.1 Å². The van der Waals surface area contributed by atoms with Gasteiger partial charge in [0.1, 0.15) is 5.60 Å². The van der Waals surface area contributed by atoms with Gasteiger partial charge in [-0.1, -0.05) is 0 Å². The summed E-state index contributed by atoms with van der Waals surface area (Å²) in [5.74, 6) is -0.190. The van der Waals surface area contributed by atoms with Crippen LogP contribution in [0.1, 0.15) is 13.8 Å². The molecule has 0 aliphatic heterocycles. The topological polar surface area (TPSA) is 49.3 Å². The van der Waals surface area contributed by atoms with Gasteiger partial charge in [-0.15, -0.1) is 0 Å². The Morgan fingerprint density at radius 2 is 2.11 bits per heavy atom. The number of rotatable bonds is 3. The van der Waals surface area contributed by atoms with Crippen molar-refractivity contribution in [2.75, 3.05) is 13.6 Å². The Balaban J connectivity index is 3.74. The smallest absolute Gasteiger partial charge is 0.177 e. The van der Waals surface area contributed by atoms with Crippen LogP contribution < -0.4 is 5.32 Å². The van der Waals surface area contributed by atoms with Gasteiger partial charge in [0.25, 0.3) is 0 Å². The second-order valence-corrected chi connectivity index (χ2v) is 2.51. The lowest BCUT2D eigenvalue weighted by Crippen LogP contribution is -2.37. The second-order valence-electron chi connectivity index (χ2n) is 2.51. The van der Waals surface area contributed by atoms with Crippen LogP contribution >= 0.6 is 0 Å². The molecule has 0 aliphatic rings. The molecule has 0 amide bonds.